The Bertz CT molecular complexity index is 869. The predicted octanol–water partition coefficient (Wildman–Crippen LogP) is -5.46. The van der Waals surface area contributed by atoms with Crippen LogP contribution in [0.15, 0.2) is 0 Å². The highest BCUT2D eigenvalue weighted by atomic mass is 16.7. The first-order valence-electron chi connectivity index (χ1n) is 15.2. The van der Waals surface area contributed by atoms with Gasteiger partial charge in [0.05, 0.1) is 26.4 Å². The maximum atomic E-state index is 12.1. The van der Waals surface area contributed by atoms with Gasteiger partial charge in [0, 0.05) is 13.0 Å². The highest BCUT2D eigenvalue weighted by Gasteiger charge is 2.52. The van der Waals surface area contributed by atoms with E-state index < -0.39 is 112 Å². The summed E-state index contributed by atoms with van der Waals surface area (Å²) in [5, 5.41) is 105. The molecule has 3 aliphatic rings. The van der Waals surface area contributed by atoms with Gasteiger partial charge in [-0.2, -0.15) is 0 Å². The van der Waals surface area contributed by atoms with Crippen LogP contribution in [0, 0.1) is 0 Å². The molecular formula is C27H49NO17. The SMILES string of the molecule is CCCCCCC(=O)NCCO[C@H]1O[C@H](CO[C@H]2O[C@H](CO)[C@@H](O)[C@H](O)[C@@H]2O)[C@@H](O)[C@H](O[C@H]2O[C@H](CO)[C@@H](O)[C@H](O)[C@@H]2O)[C@@H]1O. The average molecular weight is 660 g/mol. The molecule has 0 unspecified atom stereocenters. The monoisotopic (exact) mass is 659 g/mol. The van der Waals surface area contributed by atoms with Gasteiger partial charge >= 0.3 is 0 Å². The van der Waals surface area contributed by atoms with Crippen molar-refractivity contribution in [2.45, 2.75) is 131 Å². The highest BCUT2D eigenvalue weighted by molar-refractivity contribution is 5.75. The van der Waals surface area contributed by atoms with Crippen LogP contribution in [0.2, 0.25) is 0 Å². The van der Waals surface area contributed by atoms with E-state index in [1.54, 1.807) is 0 Å². The summed E-state index contributed by atoms with van der Waals surface area (Å²) in [7, 11) is 0. The van der Waals surface area contributed by atoms with Crippen LogP contribution in [0.5, 0.6) is 0 Å². The second-order valence-corrected chi connectivity index (χ2v) is 11.4. The lowest BCUT2D eigenvalue weighted by atomic mass is 9.96. The maximum Gasteiger partial charge on any atom is 0.220 e. The molecule has 11 N–H and O–H groups in total. The summed E-state index contributed by atoms with van der Waals surface area (Å²) in [5.74, 6) is -0.190. The molecule has 0 aromatic heterocycles. The number of carbonyl (C=O) groups is 1. The molecular weight excluding hydrogens is 610 g/mol. The van der Waals surface area contributed by atoms with E-state index in [2.05, 4.69) is 12.2 Å². The molecule has 0 aromatic carbocycles. The number of hydrogen-bond acceptors (Lipinski definition) is 17. The van der Waals surface area contributed by atoms with Crippen LogP contribution in [0.1, 0.15) is 39.0 Å². The van der Waals surface area contributed by atoms with Crippen molar-refractivity contribution >= 4 is 5.91 Å². The van der Waals surface area contributed by atoms with Gasteiger partial charge in [0.2, 0.25) is 5.91 Å². The van der Waals surface area contributed by atoms with Crippen molar-refractivity contribution in [3.63, 3.8) is 0 Å². The van der Waals surface area contributed by atoms with Crippen molar-refractivity contribution in [3.8, 4) is 0 Å². The maximum absolute atomic E-state index is 12.1. The fourth-order valence-corrected chi connectivity index (χ4v) is 5.23. The van der Waals surface area contributed by atoms with E-state index in [1.807, 2.05) is 0 Å². The molecule has 45 heavy (non-hydrogen) atoms. The Labute approximate surface area is 260 Å². The molecule has 3 saturated heterocycles. The first-order valence-corrected chi connectivity index (χ1v) is 15.2. The van der Waals surface area contributed by atoms with E-state index in [9.17, 15) is 55.9 Å². The quantitative estimate of drug-likeness (QED) is 0.0689. The van der Waals surface area contributed by atoms with Gasteiger partial charge in [-0.05, 0) is 6.42 Å². The number of aliphatic hydroxyl groups is 10. The third-order valence-corrected chi connectivity index (χ3v) is 8.02. The molecule has 15 atom stereocenters. The Morgan fingerprint density at radius 2 is 1.20 bits per heavy atom. The highest BCUT2D eigenvalue weighted by Crippen LogP contribution is 2.31. The van der Waals surface area contributed by atoms with Crippen molar-refractivity contribution < 1.29 is 84.3 Å². The Hall–Kier alpha value is -1.17. The Morgan fingerprint density at radius 1 is 0.644 bits per heavy atom. The summed E-state index contributed by atoms with van der Waals surface area (Å²) in [6.45, 7) is -0.0875. The molecule has 3 rings (SSSR count). The molecule has 264 valence electrons. The van der Waals surface area contributed by atoms with Crippen molar-refractivity contribution in [1.82, 2.24) is 5.32 Å². The van der Waals surface area contributed by atoms with Gasteiger partial charge in [-0.25, -0.2) is 0 Å². The first-order chi connectivity index (χ1) is 21.4. The van der Waals surface area contributed by atoms with Gasteiger partial charge in [0.1, 0.15) is 73.2 Å². The van der Waals surface area contributed by atoms with Crippen LogP contribution in [-0.4, -0.2) is 182 Å². The van der Waals surface area contributed by atoms with Crippen molar-refractivity contribution in [1.29, 1.82) is 0 Å². The molecule has 0 saturated carbocycles. The van der Waals surface area contributed by atoms with E-state index in [0.717, 1.165) is 25.7 Å². The molecule has 18 heteroatoms. The van der Waals surface area contributed by atoms with Gasteiger partial charge < -0.3 is 84.8 Å². The largest absolute Gasteiger partial charge is 0.394 e. The Kier molecular flexibility index (Phi) is 15.6. The average Bonchev–Trinajstić information content (AvgIpc) is 3.03. The number of hydrogen-bond donors (Lipinski definition) is 11. The fourth-order valence-electron chi connectivity index (χ4n) is 5.23. The molecule has 3 fully saturated rings. The number of unbranched alkanes of at least 4 members (excludes halogenated alkanes) is 3. The second kappa shape index (κ2) is 18.4. The molecule has 0 aromatic rings. The third kappa shape index (κ3) is 9.92. The van der Waals surface area contributed by atoms with Gasteiger partial charge in [0.25, 0.3) is 0 Å². The summed E-state index contributed by atoms with van der Waals surface area (Å²) in [5.41, 5.74) is 0. The zero-order valence-electron chi connectivity index (χ0n) is 25.1. The molecule has 3 aliphatic heterocycles. The standard InChI is InChI=1S/C27H49NO17/c1-2-3-4-5-6-15(31)28-7-8-40-26-23(39)24(45-27-22(38)20(36)17(33)13(10-30)43-27)18(34)14(44-26)11-41-25-21(37)19(35)16(32)12(9-29)42-25/h12-14,16-27,29-30,32-39H,2-11H2,1H3,(H,28,31)/t12-,13-,14-,16-,17-,18-,19+,20+,21+,22+,23+,24+,25+,26+,27-/m1/s1. The lowest BCUT2D eigenvalue weighted by Crippen LogP contribution is -2.65. The minimum Gasteiger partial charge on any atom is -0.394 e. The molecule has 0 spiro atoms. The predicted molar refractivity (Wildman–Crippen MR) is 147 cm³/mol. The molecule has 0 bridgehead atoms. The summed E-state index contributed by atoms with van der Waals surface area (Å²) in [4.78, 5) is 12.1. The molecule has 1 amide bonds. The van der Waals surface area contributed by atoms with Crippen molar-refractivity contribution in [3.05, 3.63) is 0 Å². The number of aliphatic hydroxyl groups excluding tert-OH is 10. The van der Waals surface area contributed by atoms with Gasteiger partial charge in [0.15, 0.2) is 18.9 Å². The zero-order valence-corrected chi connectivity index (χ0v) is 25.1. The number of amides is 1. The van der Waals surface area contributed by atoms with Crippen LogP contribution >= 0.6 is 0 Å². The minimum absolute atomic E-state index is 0.0476. The first kappa shape index (κ1) is 38.3. The van der Waals surface area contributed by atoms with Gasteiger partial charge in [-0.1, -0.05) is 26.2 Å². The van der Waals surface area contributed by atoms with Gasteiger partial charge in [-0.15, -0.1) is 0 Å². The van der Waals surface area contributed by atoms with Gasteiger partial charge in [-0.3, -0.25) is 4.79 Å². The van der Waals surface area contributed by atoms with E-state index >= 15 is 0 Å². The summed E-state index contributed by atoms with van der Waals surface area (Å²) >= 11 is 0. The van der Waals surface area contributed by atoms with E-state index in [1.165, 1.54) is 0 Å². The third-order valence-electron chi connectivity index (χ3n) is 8.02. The Balaban J connectivity index is 1.68. The van der Waals surface area contributed by atoms with Crippen LogP contribution in [0.25, 0.3) is 0 Å². The number of ether oxygens (including phenoxy) is 6. The summed E-state index contributed by atoms with van der Waals surface area (Å²) in [6.07, 6.45) is -20.4. The fraction of sp³-hybridized carbons (Fsp3) is 0.963. The van der Waals surface area contributed by atoms with Crippen LogP contribution in [-0.2, 0) is 33.2 Å². The molecule has 3 heterocycles. The minimum atomic E-state index is -1.86. The summed E-state index contributed by atoms with van der Waals surface area (Å²) < 4.78 is 33.1. The smallest absolute Gasteiger partial charge is 0.220 e. The van der Waals surface area contributed by atoms with Crippen molar-refractivity contribution in [2.24, 2.45) is 0 Å². The molecule has 18 nitrogen and oxygen atoms in total. The van der Waals surface area contributed by atoms with Crippen LogP contribution in [0.3, 0.4) is 0 Å². The van der Waals surface area contributed by atoms with Crippen LogP contribution < -0.4 is 5.32 Å². The number of nitrogens with one attached hydrogen (secondary N) is 1. The molecule has 0 aliphatic carbocycles. The lowest BCUT2D eigenvalue weighted by molar-refractivity contribution is -0.366. The topological polar surface area (TPSA) is 287 Å². The van der Waals surface area contributed by atoms with E-state index in [4.69, 9.17) is 28.4 Å². The zero-order chi connectivity index (χ0) is 33.3. The van der Waals surface area contributed by atoms with Crippen molar-refractivity contribution in [2.75, 3.05) is 33.0 Å². The van der Waals surface area contributed by atoms with Crippen LogP contribution in [0.4, 0.5) is 0 Å². The second-order valence-electron chi connectivity index (χ2n) is 11.4. The number of rotatable bonds is 16. The molecule has 0 radical (unpaired) electrons. The Morgan fingerprint density at radius 3 is 1.80 bits per heavy atom. The number of carbonyl (C=O) groups excluding carboxylic acids is 1. The lowest BCUT2D eigenvalue weighted by Gasteiger charge is -2.46. The summed E-state index contributed by atoms with van der Waals surface area (Å²) in [6, 6.07) is 0. The van der Waals surface area contributed by atoms with E-state index in [-0.39, 0.29) is 19.1 Å². The van der Waals surface area contributed by atoms with E-state index in [0.29, 0.717) is 6.42 Å². The normalized spacial score (nSPS) is 42.4.